The maximum absolute atomic E-state index is 10.0. The molecule has 1 aliphatic rings. The molecular weight excluding hydrogens is 250 g/mol. The Balaban J connectivity index is 1.74. The molecule has 1 unspecified atom stereocenters. The van der Waals surface area contributed by atoms with Crippen LogP contribution in [-0.4, -0.2) is 24.4 Å². The molecule has 1 saturated carbocycles. The smallest absolute Gasteiger partial charge is 0.119 e. The lowest BCUT2D eigenvalue weighted by Crippen LogP contribution is -2.20. The zero-order valence-corrected chi connectivity index (χ0v) is 12.5. The van der Waals surface area contributed by atoms with Crippen LogP contribution in [0.2, 0.25) is 0 Å². The summed E-state index contributed by atoms with van der Waals surface area (Å²) in [5, 5.41) is 13.3. The SMILES string of the molecule is CCNCc1cccc(OCC(O)CC2CCCC2)c1. The highest BCUT2D eigenvalue weighted by Crippen LogP contribution is 2.28. The third-order valence-electron chi connectivity index (χ3n) is 4.00. The average molecular weight is 277 g/mol. The van der Waals surface area contributed by atoms with Gasteiger partial charge in [0.2, 0.25) is 0 Å². The first-order valence-electron chi connectivity index (χ1n) is 7.88. The average Bonchev–Trinajstić information content (AvgIpc) is 2.96. The molecule has 2 rings (SSSR count). The van der Waals surface area contributed by atoms with E-state index in [4.69, 9.17) is 4.74 Å². The summed E-state index contributed by atoms with van der Waals surface area (Å²) in [5.74, 6) is 1.56. The molecule has 1 aromatic carbocycles. The molecular formula is C17H27NO2. The topological polar surface area (TPSA) is 41.5 Å². The van der Waals surface area contributed by atoms with Crippen LogP contribution < -0.4 is 10.1 Å². The molecule has 1 fully saturated rings. The summed E-state index contributed by atoms with van der Waals surface area (Å²) >= 11 is 0. The highest BCUT2D eigenvalue weighted by molar-refractivity contribution is 5.28. The molecule has 0 amide bonds. The van der Waals surface area contributed by atoms with Crippen LogP contribution in [0.5, 0.6) is 5.75 Å². The predicted molar refractivity (Wildman–Crippen MR) is 81.9 cm³/mol. The molecule has 0 aromatic heterocycles. The van der Waals surface area contributed by atoms with Crippen molar-refractivity contribution in [2.45, 2.75) is 51.7 Å². The van der Waals surface area contributed by atoms with Crippen molar-refractivity contribution >= 4 is 0 Å². The monoisotopic (exact) mass is 277 g/mol. The first-order valence-corrected chi connectivity index (χ1v) is 7.88. The second kappa shape index (κ2) is 8.28. The van der Waals surface area contributed by atoms with Gasteiger partial charge in [-0.05, 0) is 36.6 Å². The largest absolute Gasteiger partial charge is 0.491 e. The van der Waals surface area contributed by atoms with E-state index in [1.807, 2.05) is 18.2 Å². The van der Waals surface area contributed by atoms with Gasteiger partial charge >= 0.3 is 0 Å². The number of aliphatic hydroxyl groups excluding tert-OH is 1. The maximum Gasteiger partial charge on any atom is 0.119 e. The van der Waals surface area contributed by atoms with Gasteiger partial charge in [-0.2, -0.15) is 0 Å². The summed E-state index contributed by atoms with van der Waals surface area (Å²) in [5.41, 5.74) is 1.22. The molecule has 0 spiro atoms. The fraction of sp³-hybridized carbons (Fsp3) is 0.647. The Bertz CT molecular complexity index is 388. The van der Waals surface area contributed by atoms with Crippen LogP contribution in [0.4, 0.5) is 0 Å². The Morgan fingerprint density at radius 2 is 2.15 bits per heavy atom. The van der Waals surface area contributed by atoms with Gasteiger partial charge in [0.05, 0.1) is 6.10 Å². The summed E-state index contributed by atoms with van der Waals surface area (Å²) in [7, 11) is 0. The van der Waals surface area contributed by atoms with E-state index >= 15 is 0 Å². The van der Waals surface area contributed by atoms with E-state index in [9.17, 15) is 5.11 Å². The van der Waals surface area contributed by atoms with Crippen LogP contribution in [0.15, 0.2) is 24.3 Å². The Labute approximate surface area is 122 Å². The lowest BCUT2D eigenvalue weighted by atomic mass is 10.0. The Morgan fingerprint density at radius 3 is 2.90 bits per heavy atom. The Hall–Kier alpha value is -1.06. The number of benzene rings is 1. The van der Waals surface area contributed by atoms with Gasteiger partial charge < -0.3 is 15.2 Å². The minimum Gasteiger partial charge on any atom is -0.491 e. The summed E-state index contributed by atoms with van der Waals surface area (Å²) in [4.78, 5) is 0. The van der Waals surface area contributed by atoms with Gasteiger partial charge in [0.1, 0.15) is 12.4 Å². The van der Waals surface area contributed by atoms with Gasteiger partial charge in [-0.15, -0.1) is 0 Å². The van der Waals surface area contributed by atoms with Gasteiger partial charge in [0.25, 0.3) is 0 Å². The van der Waals surface area contributed by atoms with Crippen LogP contribution in [0.25, 0.3) is 0 Å². The predicted octanol–water partition coefficient (Wildman–Crippen LogP) is 3.12. The van der Waals surface area contributed by atoms with Crippen molar-refractivity contribution in [1.29, 1.82) is 0 Å². The third-order valence-corrected chi connectivity index (χ3v) is 4.00. The minimum atomic E-state index is -0.337. The summed E-state index contributed by atoms with van der Waals surface area (Å²) in [6.45, 7) is 4.32. The van der Waals surface area contributed by atoms with E-state index in [0.29, 0.717) is 12.5 Å². The molecule has 20 heavy (non-hydrogen) atoms. The van der Waals surface area contributed by atoms with Gasteiger partial charge in [-0.1, -0.05) is 44.7 Å². The molecule has 0 radical (unpaired) electrons. The van der Waals surface area contributed by atoms with Gasteiger partial charge in [-0.25, -0.2) is 0 Å². The summed E-state index contributed by atoms with van der Waals surface area (Å²) < 4.78 is 5.72. The Morgan fingerprint density at radius 1 is 1.35 bits per heavy atom. The van der Waals surface area contributed by atoms with Crippen LogP contribution >= 0.6 is 0 Å². The number of hydrogen-bond acceptors (Lipinski definition) is 3. The molecule has 1 atom stereocenters. The van der Waals surface area contributed by atoms with Crippen LogP contribution in [0.1, 0.15) is 44.6 Å². The van der Waals surface area contributed by atoms with Crippen molar-refractivity contribution < 1.29 is 9.84 Å². The molecule has 0 saturated heterocycles. The fourth-order valence-corrected chi connectivity index (χ4v) is 2.91. The van der Waals surface area contributed by atoms with Gasteiger partial charge in [-0.3, -0.25) is 0 Å². The number of hydrogen-bond donors (Lipinski definition) is 2. The fourth-order valence-electron chi connectivity index (χ4n) is 2.91. The van der Waals surface area contributed by atoms with Crippen molar-refractivity contribution in [3.63, 3.8) is 0 Å². The van der Waals surface area contributed by atoms with E-state index in [0.717, 1.165) is 25.3 Å². The van der Waals surface area contributed by atoms with Crippen LogP contribution in [-0.2, 0) is 6.54 Å². The number of nitrogens with one attached hydrogen (secondary N) is 1. The molecule has 2 N–H and O–H groups in total. The van der Waals surface area contributed by atoms with Crippen molar-refractivity contribution in [3.8, 4) is 5.75 Å². The zero-order chi connectivity index (χ0) is 14.2. The molecule has 3 nitrogen and oxygen atoms in total. The van der Waals surface area contributed by atoms with E-state index in [2.05, 4.69) is 18.3 Å². The molecule has 0 aliphatic heterocycles. The molecule has 3 heteroatoms. The molecule has 112 valence electrons. The highest BCUT2D eigenvalue weighted by Gasteiger charge is 2.19. The normalized spacial score (nSPS) is 17.3. The molecule has 0 bridgehead atoms. The number of ether oxygens (including phenoxy) is 1. The van der Waals surface area contributed by atoms with Gasteiger partial charge in [0, 0.05) is 6.54 Å². The van der Waals surface area contributed by atoms with Crippen molar-refractivity contribution in [2.24, 2.45) is 5.92 Å². The van der Waals surface area contributed by atoms with E-state index in [1.54, 1.807) is 0 Å². The summed E-state index contributed by atoms with van der Waals surface area (Å²) in [6, 6.07) is 8.10. The van der Waals surface area contributed by atoms with Crippen LogP contribution in [0, 0.1) is 5.92 Å². The number of rotatable bonds is 8. The Kier molecular flexibility index (Phi) is 6.34. The molecule has 1 aliphatic carbocycles. The quantitative estimate of drug-likeness (QED) is 0.767. The van der Waals surface area contributed by atoms with Crippen LogP contribution in [0.3, 0.4) is 0 Å². The first kappa shape index (κ1) is 15.3. The maximum atomic E-state index is 10.0. The van der Waals surface area contributed by atoms with E-state index < -0.39 is 0 Å². The minimum absolute atomic E-state index is 0.337. The summed E-state index contributed by atoms with van der Waals surface area (Å²) in [6.07, 6.45) is 5.74. The zero-order valence-electron chi connectivity index (χ0n) is 12.5. The first-order chi connectivity index (χ1) is 9.78. The van der Waals surface area contributed by atoms with Gasteiger partial charge in [0.15, 0.2) is 0 Å². The van der Waals surface area contributed by atoms with Crippen molar-refractivity contribution in [2.75, 3.05) is 13.2 Å². The standard InChI is InChI=1S/C17H27NO2/c1-2-18-12-15-8-5-9-17(11-15)20-13-16(19)10-14-6-3-4-7-14/h5,8-9,11,14,16,18-19H,2-4,6-7,10,12-13H2,1H3. The van der Waals surface area contributed by atoms with Crippen molar-refractivity contribution in [1.82, 2.24) is 5.32 Å². The van der Waals surface area contributed by atoms with E-state index in [-0.39, 0.29) is 6.10 Å². The second-order valence-corrected chi connectivity index (χ2v) is 5.78. The highest BCUT2D eigenvalue weighted by atomic mass is 16.5. The number of aliphatic hydroxyl groups is 1. The molecule has 1 aromatic rings. The second-order valence-electron chi connectivity index (χ2n) is 5.78. The van der Waals surface area contributed by atoms with Crippen molar-refractivity contribution in [3.05, 3.63) is 29.8 Å². The van der Waals surface area contributed by atoms with E-state index in [1.165, 1.54) is 31.2 Å². The molecule has 0 heterocycles. The lowest BCUT2D eigenvalue weighted by molar-refractivity contribution is 0.0855. The third kappa shape index (κ3) is 5.14. The lowest BCUT2D eigenvalue weighted by Gasteiger charge is -2.16.